The van der Waals surface area contributed by atoms with E-state index >= 15 is 0 Å². The topological polar surface area (TPSA) is 108 Å². The van der Waals surface area contributed by atoms with Crippen LogP contribution in [0, 0.1) is 0 Å². The first-order valence-corrected chi connectivity index (χ1v) is 7.98. The second kappa shape index (κ2) is 6.87. The summed E-state index contributed by atoms with van der Waals surface area (Å²) in [7, 11) is 1.51. The van der Waals surface area contributed by atoms with Crippen LogP contribution in [0.15, 0.2) is 30.0 Å². The van der Waals surface area contributed by atoms with Crippen molar-refractivity contribution in [3.63, 3.8) is 0 Å². The van der Waals surface area contributed by atoms with Gasteiger partial charge in [0.15, 0.2) is 0 Å². The summed E-state index contributed by atoms with van der Waals surface area (Å²) in [6.07, 6.45) is 0.702. The third kappa shape index (κ3) is 3.51. The van der Waals surface area contributed by atoms with Gasteiger partial charge in [0.25, 0.3) is 5.91 Å². The minimum Gasteiger partial charge on any atom is -0.442 e. The number of amides is 5. The van der Waals surface area contributed by atoms with Crippen molar-refractivity contribution in [3.05, 3.63) is 35.5 Å². The maximum absolute atomic E-state index is 12.0. The zero-order valence-corrected chi connectivity index (χ0v) is 14.3. The zero-order chi connectivity index (χ0) is 18.8. The molecule has 5 amide bonds. The second-order valence-corrected chi connectivity index (χ2v) is 5.99. The molecule has 2 heterocycles. The summed E-state index contributed by atoms with van der Waals surface area (Å²) in [6, 6.07) is 6.45. The van der Waals surface area contributed by atoms with Gasteiger partial charge in [0, 0.05) is 19.7 Å². The SMILES string of the molecule is CC(=O)NC[C@H]1CN(c2ccc(/C=C3\C(=O)NC(=O)N3C)cc2)C(=O)O1. The van der Waals surface area contributed by atoms with Crippen LogP contribution >= 0.6 is 0 Å². The largest absolute Gasteiger partial charge is 0.442 e. The number of hydrogen-bond acceptors (Lipinski definition) is 5. The number of ether oxygens (including phenoxy) is 1. The number of cyclic esters (lactones) is 1. The van der Waals surface area contributed by atoms with Crippen molar-refractivity contribution in [3.8, 4) is 0 Å². The summed E-state index contributed by atoms with van der Waals surface area (Å²) < 4.78 is 5.22. The Labute approximate surface area is 149 Å². The van der Waals surface area contributed by atoms with Gasteiger partial charge in [-0.05, 0) is 23.8 Å². The molecule has 1 aromatic carbocycles. The highest BCUT2D eigenvalue weighted by molar-refractivity contribution is 6.13. The van der Waals surface area contributed by atoms with Crippen LogP contribution in [-0.2, 0) is 14.3 Å². The minimum absolute atomic E-state index is 0.184. The lowest BCUT2D eigenvalue weighted by Gasteiger charge is -2.13. The van der Waals surface area contributed by atoms with Crippen LogP contribution in [0.25, 0.3) is 6.08 Å². The number of benzene rings is 1. The van der Waals surface area contributed by atoms with E-state index in [0.29, 0.717) is 17.8 Å². The Morgan fingerprint density at radius 2 is 2.00 bits per heavy atom. The van der Waals surface area contributed by atoms with Crippen molar-refractivity contribution >= 4 is 35.7 Å². The number of carbonyl (C=O) groups is 4. The number of urea groups is 1. The Hall–Kier alpha value is -3.36. The van der Waals surface area contributed by atoms with Gasteiger partial charge in [-0.2, -0.15) is 0 Å². The maximum Gasteiger partial charge on any atom is 0.414 e. The summed E-state index contributed by atoms with van der Waals surface area (Å²) in [5.74, 6) is -0.637. The van der Waals surface area contributed by atoms with Crippen LogP contribution in [0.5, 0.6) is 0 Å². The van der Waals surface area contributed by atoms with Crippen molar-refractivity contribution in [2.24, 2.45) is 0 Å². The summed E-state index contributed by atoms with van der Waals surface area (Å²) in [5, 5.41) is 4.82. The molecular formula is C17H18N4O5. The summed E-state index contributed by atoms with van der Waals surface area (Å²) in [5.41, 5.74) is 1.60. The molecule has 0 aliphatic carbocycles. The van der Waals surface area contributed by atoms with Crippen LogP contribution in [0.4, 0.5) is 15.3 Å². The molecule has 26 heavy (non-hydrogen) atoms. The lowest BCUT2D eigenvalue weighted by Crippen LogP contribution is -2.33. The number of anilines is 1. The van der Waals surface area contributed by atoms with Gasteiger partial charge in [0.05, 0.1) is 13.1 Å². The van der Waals surface area contributed by atoms with Crippen LogP contribution < -0.4 is 15.5 Å². The minimum atomic E-state index is -0.480. The smallest absolute Gasteiger partial charge is 0.414 e. The molecular weight excluding hydrogens is 340 g/mol. The van der Waals surface area contributed by atoms with E-state index in [1.807, 2.05) is 0 Å². The number of hydrogen-bond donors (Lipinski definition) is 2. The lowest BCUT2D eigenvalue weighted by atomic mass is 10.1. The van der Waals surface area contributed by atoms with Gasteiger partial charge in [0.1, 0.15) is 11.8 Å². The van der Waals surface area contributed by atoms with E-state index in [1.165, 1.54) is 23.8 Å². The van der Waals surface area contributed by atoms with Gasteiger partial charge in [-0.25, -0.2) is 9.59 Å². The predicted molar refractivity (Wildman–Crippen MR) is 92.0 cm³/mol. The number of likely N-dealkylation sites (N-methyl/N-ethyl adjacent to an activating group) is 1. The molecule has 3 rings (SSSR count). The molecule has 1 aromatic rings. The molecule has 2 fully saturated rings. The quantitative estimate of drug-likeness (QED) is 0.608. The Bertz CT molecular complexity index is 802. The highest BCUT2D eigenvalue weighted by Gasteiger charge is 2.32. The molecule has 2 saturated heterocycles. The average molecular weight is 358 g/mol. The monoisotopic (exact) mass is 358 g/mol. The molecule has 0 saturated carbocycles. The first-order chi connectivity index (χ1) is 12.3. The molecule has 0 unspecified atom stereocenters. The first kappa shape index (κ1) is 17.5. The van der Waals surface area contributed by atoms with Crippen LogP contribution in [0.2, 0.25) is 0 Å². The highest BCUT2D eigenvalue weighted by atomic mass is 16.6. The molecule has 9 heteroatoms. The van der Waals surface area contributed by atoms with Crippen molar-refractivity contribution in [1.82, 2.24) is 15.5 Å². The van der Waals surface area contributed by atoms with Gasteiger partial charge >= 0.3 is 12.1 Å². The normalized spacial score (nSPS) is 21.2. The van der Waals surface area contributed by atoms with Gasteiger partial charge in [-0.15, -0.1) is 0 Å². The maximum atomic E-state index is 12.0. The number of nitrogens with one attached hydrogen (secondary N) is 2. The molecule has 0 spiro atoms. The molecule has 0 radical (unpaired) electrons. The van der Waals surface area contributed by atoms with Gasteiger partial charge in [-0.3, -0.25) is 24.7 Å². The summed E-state index contributed by atoms with van der Waals surface area (Å²) >= 11 is 0. The van der Waals surface area contributed by atoms with Crippen molar-refractivity contribution in [2.45, 2.75) is 13.0 Å². The molecule has 0 aromatic heterocycles. The van der Waals surface area contributed by atoms with Crippen molar-refractivity contribution in [2.75, 3.05) is 25.0 Å². The predicted octanol–water partition coefficient (Wildman–Crippen LogP) is 0.670. The Morgan fingerprint density at radius 3 is 2.58 bits per heavy atom. The molecule has 1 atom stereocenters. The lowest BCUT2D eigenvalue weighted by molar-refractivity contribution is -0.119. The third-order valence-electron chi connectivity index (χ3n) is 4.08. The molecule has 136 valence electrons. The van der Waals surface area contributed by atoms with Gasteiger partial charge in [-0.1, -0.05) is 12.1 Å². The number of rotatable bonds is 4. The molecule has 2 aliphatic rings. The van der Waals surface area contributed by atoms with Gasteiger partial charge in [0.2, 0.25) is 5.91 Å². The molecule has 2 aliphatic heterocycles. The second-order valence-electron chi connectivity index (χ2n) is 5.99. The summed E-state index contributed by atoms with van der Waals surface area (Å²) in [6.45, 7) is 1.99. The molecule has 0 bridgehead atoms. The Balaban J connectivity index is 1.70. The van der Waals surface area contributed by atoms with Gasteiger partial charge < -0.3 is 10.1 Å². The van der Waals surface area contributed by atoms with Crippen molar-refractivity contribution in [1.29, 1.82) is 0 Å². The standard InChI is InChI=1S/C17H18N4O5/c1-10(22)18-8-13-9-21(17(25)26-13)12-5-3-11(4-6-12)7-14-15(23)19-16(24)20(14)2/h3-7,13H,8-9H2,1-2H3,(H,18,22)(H,19,23,24)/b14-7+/t13-/m0/s1. The van der Waals surface area contributed by atoms with Crippen LogP contribution in [0.3, 0.4) is 0 Å². The van der Waals surface area contributed by atoms with Crippen molar-refractivity contribution < 1.29 is 23.9 Å². The third-order valence-corrected chi connectivity index (χ3v) is 4.08. The highest BCUT2D eigenvalue weighted by Crippen LogP contribution is 2.23. The van der Waals surface area contributed by atoms with E-state index in [0.717, 1.165) is 0 Å². The number of carbonyl (C=O) groups excluding carboxylic acids is 4. The zero-order valence-electron chi connectivity index (χ0n) is 14.3. The fourth-order valence-electron chi connectivity index (χ4n) is 2.67. The van der Waals surface area contributed by atoms with E-state index in [2.05, 4.69) is 10.6 Å². The summed E-state index contributed by atoms with van der Waals surface area (Å²) in [4.78, 5) is 48.8. The van der Waals surface area contributed by atoms with E-state index in [-0.39, 0.29) is 18.1 Å². The van der Waals surface area contributed by atoms with Crippen LogP contribution in [-0.4, -0.2) is 55.1 Å². The van der Waals surface area contributed by atoms with E-state index in [9.17, 15) is 19.2 Å². The Kier molecular flexibility index (Phi) is 4.61. The average Bonchev–Trinajstić information content (AvgIpc) is 3.08. The van der Waals surface area contributed by atoms with E-state index < -0.39 is 24.1 Å². The molecule has 9 nitrogen and oxygen atoms in total. The Morgan fingerprint density at radius 1 is 1.31 bits per heavy atom. The fourth-order valence-corrected chi connectivity index (χ4v) is 2.67. The molecule has 2 N–H and O–H groups in total. The number of nitrogens with zero attached hydrogens (tertiary/aromatic N) is 2. The number of imide groups is 1. The first-order valence-electron chi connectivity index (χ1n) is 7.98. The van der Waals surface area contributed by atoms with E-state index in [1.54, 1.807) is 30.3 Å². The van der Waals surface area contributed by atoms with Crippen LogP contribution in [0.1, 0.15) is 12.5 Å². The van der Waals surface area contributed by atoms with E-state index in [4.69, 9.17) is 4.74 Å². The fraction of sp³-hybridized carbons (Fsp3) is 0.294.